The molecule has 1 N–H and O–H groups in total. The first-order valence-corrected chi connectivity index (χ1v) is 6.21. The van der Waals surface area contributed by atoms with E-state index in [0.29, 0.717) is 12.8 Å². The van der Waals surface area contributed by atoms with Crippen LogP contribution in [0.5, 0.6) is 0 Å². The number of hydrogen-bond donors (Lipinski definition) is 1. The van der Waals surface area contributed by atoms with E-state index in [4.69, 9.17) is 4.74 Å². The fourth-order valence-electron chi connectivity index (χ4n) is 2.83. The Morgan fingerprint density at radius 1 is 1.33 bits per heavy atom. The first-order valence-electron chi connectivity index (χ1n) is 6.21. The first-order chi connectivity index (χ1) is 8.53. The molecule has 6 nitrogen and oxygen atoms in total. The van der Waals surface area contributed by atoms with E-state index in [1.807, 2.05) is 0 Å². The summed E-state index contributed by atoms with van der Waals surface area (Å²) >= 11 is 0. The van der Waals surface area contributed by atoms with Gasteiger partial charge in [-0.25, -0.2) is 4.79 Å². The SMILES string of the molecule is COCC(C)N1C(=O)NC(=O)C2(CCCC2)C1=O. The molecular formula is C12H18N2O4. The average molecular weight is 254 g/mol. The summed E-state index contributed by atoms with van der Waals surface area (Å²) < 4.78 is 4.97. The lowest BCUT2D eigenvalue weighted by Crippen LogP contribution is -2.65. The summed E-state index contributed by atoms with van der Waals surface area (Å²) in [6.45, 7) is 2.00. The molecule has 1 heterocycles. The Bertz CT molecular complexity index is 388. The second-order valence-corrected chi connectivity index (χ2v) is 5.03. The molecule has 1 atom stereocenters. The van der Waals surface area contributed by atoms with Crippen LogP contribution in [0.3, 0.4) is 0 Å². The van der Waals surface area contributed by atoms with Crippen LogP contribution >= 0.6 is 0 Å². The average Bonchev–Trinajstić information content (AvgIpc) is 2.77. The Balaban J connectivity index is 2.28. The maximum atomic E-state index is 12.5. The monoisotopic (exact) mass is 254 g/mol. The highest BCUT2D eigenvalue weighted by atomic mass is 16.5. The number of carbonyl (C=O) groups is 3. The van der Waals surface area contributed by atoms with Crippen LogP contribution in [0.1, 0.15) is 32.6 Å². The van der Waals surface area contributed by atoms with Crippen molar-refractivity contribution in [1.82, 2.24) is 10.2 Å². The predicted molar refractivity (Wildman–Crippen MR) is 62.6 cm³/mol. The van der Waals surface area contributed by atoms with E-state index in [1.165, 1.54) is 7.11 Å². The van der Waals surface area contributed by atoms with Gasteiger partial charge in [0.05, 0.1) is 12.6 Å². The zero-order chi connectivity index (χ0) is 13.3. The van der Waals surface area contributed by atoms with E-state index in [1.54, 1.807) is 6.92 Å². The first kappa shape index (κ1) is 13.0. The van der Waals surface area contributed by atoms with E-state index in [9.17, 15) is 14.4 Å². The van der Waals surface area contributed by atoms with Crippen LogP contribution in [0.25, 0.3) is 0 Å². The standard InChI is InChI=1S/C12H18N2O4/c1-8(7-18-2)14-10(16)12(5-3-4-6-12)9(15)13-11(14)17/h8H,3-7H2,1-2H3,(H,13,15,17). The maximum Gasteiger partial charge on any atom is 0.331 e. The van der Waals surface area contributed by atoms with Crippen LogP contribution in [-0.2, 0) is 14.3 Å². The van der Waals surface area contributed by atoms with Crippen LogP contribution in [-0.4, -0.2) is 42.5 Å². The van der Waals surface area contributed by atoms with Crippen molar-refractivity contribution in [3.05, 3.63) is 0 Å². The summed E-state index contributed by atoms with van der Waals surface area (Å²) in [5.41, 5.74) is -1.02. The number of amides is 4. The second kappa shape index (κ2) is 4.68. The molecular weight excluding hydrogens is 236 g/mol. The fourth-order valence-corrected chi connectivity index (χ4v) is 2.83. The van der Waals surface area contributed by atoms with Gasteiger partial charge >= 0.3 is 6.03 Å². The highest BCUT2D eigenvalue weighted by Gasteiger charge is 2.55. The van der Waals surface area contributed by atoms with Gasteiger partial charge in [0.15, 0.2) is 0 Å². The van der Waals surface area contributed by atoms with Crippen molar-refractivity contribution >= 4 is 17.8 Å². The Hall–Kier alpha value is -1.43. The number of nitrogens with zero attached hydrogens (tertiary/aromatic N) is 1. The molecule has 2 fully saturated rings. The number of nitrogens with one attached hydrogen (secondary N) is 1. The number of carbonyl (C=O) groups excluding carboxylic acids is 3. The van der Waals surface area contributed by atoms with Gasteiger partial charge in [0, 0.05) is 7.11 Å². The third kappa shape index (κ3) is 1.80. The fraction of sp³-hybridized carbons (Fsp3) is 0.750. The van der Waals surface area contributed by atoms with Gasteiger partial charge in [0.25, 0.3) is 0 Å². The minimum absolute atomic E-state index is 0.267. The highest BCUT2D eigenvalue weighted by Crippen LogP contribution is 2.42. The van der Waals surface area contributed by atoms with Gasteiger partial charge in [-0.05, 0) is 19.8 Å². The molecule has 2 rings (SSSR count). The number of hydrogen-bond acceptors (Lipinski definition) is 4. The number of urea groups is 1. The van der Waals surface area contributed by atoms with Gasteiger partial charge < -0.3 is 4.74 Å². The largest absolute Gasteiger partial charge is 0.383 e. The quantitative estimate of drug-likeness (QED) is 0.751. The predicted octanol–water partition coefficient (Wildman–Crippen LogP) is 0.660. The van der Waals surface area contributed by atoms with Crippen LogP contribution in [0.2, 0.25) is 0 Å². The number of methoxy groups -OCH3 is 1. The topological polar surface area (TPSA) is 75.7 Å². The molecule has 0 aromatic carbocycles. The summed E-state index contributed by atoms with van der Waals surface area (Å²) in [5, 5.41) is 2.30. The number of ether oxygens (including phenoxy) is 1. The maximum absolute atomic E-state index is 12.5. The van der Waals surface area contributed by atoms with E-state index < -0.39 is 17.4 Å². The molecule has 18 heavy (non-hydrogen) atoms. The molecule has 100 valence electrons. The van der Waals surface area contributed by atoms with Crippen LogP contribution in [0, 0.1) is 5.41 Å². The van der Waals surface area contributed by atoms with Crippen molar-refractivity contribution in [3.63, 3.8) is 0 Å². The molecule has 1 unspecified atom stereocenters. The molecule has 0 aromatic rings. The van der Waals surface area contributed by atoms with Crippen molar-refractivity contribution in [1.29, 1.82) is 0 Å². The second-order valence-electron chi connectivity index (χ2n) is 5.03. The summed E-state index contributed by atoms with van der Waals surface area (Å²) in [6.07, 6.45) is 2.75. The molecule has 1 spiro atoms. The Labute approximate surface area is 106 Å². The summed E-state index contributed by atoms with van der Waals surface area (Å²) in [4.78, 5) is 37.4. The zero-order valence-electron chi connectivity index (χ0n) is 10.7. The smallest absolute Gasteiger partial charge is 0.331 e. The molecule has 0 bridgehead atoms. The molecule has 1 aliphatic heterocycles. The molecule has 1 saturated carbocycles. The molecule has 2 aliphatic rings. The zero-order valence-corrected chi connectivity index (χ0v) is 10.7. The summed E-state index contributed by atoms with van der Waals surface area (Å²) in [7, 11) is 1.51. The van der Waals surface area contributed by atoms with Gasteiger partial charge in [0.2, 0.25) is 11.8 Å². The Morgan fingerprint density at radius 3 is 2.50 bits per heavy atom. The van der Waals surface area contributed by atoms with E-state index in [0.717, 1.165) is 17.7 Å². The van der Waals surface area contributed by atoms with Gasteiger partial charge in [-0.15, -0.1) is 0 Å². The Kier molecular flexibility index (Phi) is 3.38. The molecule has 1 aliphatic carbocycles. The molecule has 0 radical (unpaired) electrons. The van der Waals surface area contributed by atoms with Crippen LogP contribution < -0.4 is 5.32 Å². The highest BCUT2D eigenvalue weighted by molar-refractivity contribution is 6.19. The minimum Gasteiger partial charge on any atom is -0.383 e. The van der Waals surface area contributed by atoms with Gasteiger partial charge in [-0.1, -0.05) is 12.8 Å². The number of rotatable bonds is 3. The Morgan fingerprint density at radius 2 is 1.94 bits per heavy atom. The van der Waals surface area contributed by atoms with E-state index in [2.05, 4.69) is 5.32 Å². The minimum atomic E-state index is -1.02. The normalized spacial score (nSPS) is 24.6. The summed E-state index contributed by atoms with van der Waals surface area (Å²) in [6, 6.07) is -1.000. The van der Waals surface area contributed by atoms with E-state index >= 15 is 0 Å². The number of imide groups is 2. The lowest BCUT2D eigenvalue weighted by Gasteiger charge is -2.39. The van der Waals surface area contributed by atoms with Gasteiger partial charge in [-0.2, -0.15) is 0 Å². The van der Waals surface area contributed by atoms with Crippen molar-refractivity contribution in [2.24, 2.45) is 5.41 Å². The van der Waals surface area contributed by atoms with Crippen LogP contribution in [0.15, 0.2) is 0 Å². The van der Waals surface area contributed by atoms with Crippen molar-refractivity contribution in [2.75, 3.05) is 13.7 Å². The lowest BCUT2D eigenvalue weighted by molar-refractivity contribution is -0.153. The van der Waals surface area contributed by atoms with Gasteiger partial charge in [0.1, 0.15) is 5.41 Å². The van der Waals surface area contributed by atoms with Crippen molar-refractivity contribution < 1.29 is 19.1 Å². The third-order valence-electron chi connectivity index (χ3n) is 3.81. The van der Waals surface area contributed by atoms with Gasteiger partial charge in [-0.3, -0.25) is 19.8 Å². The number of barbiturate groups is 1. The molecule has 4 amide bonds. The van der Waals surface area contributed by atoms with Crippen molar-refractivity contribution in [3.8, 4) is 0 Å². The molecule has 0 aromatic heterocycles. The molecule has 1 saturated heterocycles. The van der Waals surface area contributed by atoms with E-state index in [-0.39, 0.29) is 18.6 Å². The molecule has 6 heteroatoms. The van der Waals surface area contributed by atoms with Crippen molar-refractivity contribution in [2.45, 2.75) is 38.6 Å². The van der Waals surface area contributed by atoms with Crippen LogP contribution in [0.4, 0.5) is 4.79 Å². The summed E-state index contributed by atoms with van der Waals surface area (Å²) in [5.74, 6) is -0.797. The third-order valence-corrected chi connectivity index (χ3v) is 3.81. The lowest BCUT2D eigenvalue weighted by atomic mass is 9.81.